The Morgan fingerprint density at radius 1 is 1.03 bits per heavy atom. The molecule has 10 heteroatoms. The fraction of sp³-hybridized carbons (Fsp3) is 0.136. The highest BCUT2D eigenvalue weighted by molar-refractivity contribution is 5.95. The standard InChI is InChI=1S/C22H19N5O5/c1-13(28)23-15-7-5-8-16(11-15)26-12-18-19(21(29)25(3)22(30)24(18)2)20(26)14-6-4-9-17(10-14)27(31)32/h4-12H,1-3H3,(H,23,28). The first kappa shape index (κ1) is 20.8. The maximum Gasteiger partial charge on any atom is 0.330 e. The highest BCUT2D eigenvalue weighted by Crippen LogP contribution is 2.33. The highest BCUT2D eigenvalue weighted by atomic mass is 16.6. The molecule has 0 aliphatic heterocycles. The second-order valence-electron chi connectivity index (χ2n) is 7.35. The quantitative estimate of drug-likeness (QED) is 0.392. The number of non-ortho nitro benzene ring substituents is 1. The van der Waals surface area contributed by atoms with E-state index in [0.29, 0.717) is 28.1 Å². The molecule has 4 aromatic rings. The third-order valence-electron chi connectivity index (χ3n) is 5.21. The number of nitro groups is 1. The summed E-state index contributed by atoms with van der Waals surface area (Å²) in [5, 5.41) is 14.3. The third-order valence-corrected chi connectivity index (χ3v) is 5.21. The molecule has 10 nitrogen and oxygen atoms in total. The van der Waals surface area contributed by atoms with Crippen LogP contribution in [0.5, 0.6) is 0 Å². The summed E-state index contributed by atoms with van der Waals surface area (Å²) in [6.45, 7) is 1.39. The van der Waals surface area contributed by atoms with Gasteiger partial charge in [0, 0.05) is 56.3 Å². The van der Waals surface area contributed by atoms with Crippen molar-refractivity contribution in [1.82, 2.24) is 13.7 Å². The Morgan fingerprint density at radius 3 is 2.44 bits per heavy atom. The van der Waals surface area contributed by atoms with Gasteiger partial charge in [0.05, 0.1) is 21.5 Å². The van der Waals surface area contributed by atoms with Crippen molar-refractivity contribution >= 4 is 28.2 Å². The third kappa shape index (κ3) is 3.37. The maximum absolute atomic E-state index is 13.1. The van der Waals surface area contributed by atoms with Gasteiger partial charge in [-0.3, -0.25) is 28.8 Å². The van der Waals surface area contributed by atoms with Crippen LogP contribution in [0, 0.1) is 10.1 Å². The molecule has 0 fully saturated rings. The first-order chi connectivity index (χ1) is 15.2. The number of carbonyl (C=O) groups is 1. The lowest BCUT2D eigenvalue weighted by atomic mass is 10.1. The van der Waals surface area contributed by atoms with E-state index in [-0.39, 0.29) is 17.0 Å². The molecule has 0 aliphatic carbocycles. The number of hydrogen-bond donors (Lipinski definition) is 1. The van der Waals surface area contributed by atoms with Gasteiger partial charge in [-0.15, -0.1) is 0 Å². The zero-order valence-electron chi connectivity index (χ0n) is 17.5. The Labute approximate surface area is 181 Å². The number of rotatable bonds is 4. The monoisotopic (exact) mass is 433 g/mol. The van der Waals surface area contributed by atoms with Crippen molar-refractivity contribution in [3.8, 4) is 16.9 Å². The summed E-state index contributed by atoms with van der Waals surface area (Å²) < 4.78 is 4.04. The van der Waals surface area contributed by atoms with E-state index < -0.39 is 16.2 Å². The number of nitro benzene ring substituents is 1. The predicted molar refractivity (Wildman–Crippen MR) is 120 cm³/mol. The maximum atomic E-state index is 13.1. The van der Waals surface area contributed by atoms with Gasteiger partial charge in [-0.1, -0.05) is 18.2 Å². The van der Waals surface area contributed by atoms with Gasteiger partial charge in [0.15, 0.2) is 0 Å². The van der Waals surface area contributed by atoms with Gasteiger partial charge >= 0.3 is 5.69 Å². The second kappa shape index (κ2) is 7.65. The number of amides is 1. The molecule has 162 valence electrons. The number of nitrogens with one attached hydrogen (secondary N) is 1. The summed E-state index contributed by atoms with van der Waals surface area (Å²) in [4.78, 5) is 48.0. The van der Waals surface area contributed by atoms with Crippen molar-refractivity contribution in [3.05, 3.63) is 85.7 Å². The molecule has 2 aromatic heterocycles. The summed E-state index contributed by atoms with van der Waals surface area (Å²) in [5.41, 5.74) is 1.23. The van der Waals surface area contributed by atoms with E-state index in [4.69, 9.17) is 0 Å². The van der Waals surface area contributed by atoms with Crippen LogP contribution in [0.4, 0.5) is 11.4 Å². The van der Waals surface area contributed by atoms with Crippen LogP contribution in [-0.4, -0.2) is 24.5 Å². The van der Waals surface area contributed by atoms with Gasteiger partial charge in [-0.05, 0) is 18.2 Å². The molecule has 0 spiro atoms. The molecule has 0 radical (unpaired) electrons. The minimum Gasteiger partial charge on any atom is -0.326 e. The van der Waals surface area contributed by atoms with Crippen molar-refractivity contribution in [2.75, 3.05) is 5.32 Å². The lowest BCUT2D eigenvalue weighted by Gasteiger charge is -2.12. The largest absolute Gasteiger partial charge is 0.330 e. The van der Waals surface area contributed by atoms with Crippen LogP contribution in [0.2, 0.25) is 0 Å². The smallest absolute Gasteiger partial charge is 0.326 e. The Balaban J connectivity index is 2.13. The number of hydrogen-bond acceptors (Lipinski definition) is 5. The van der Waals surface area contributed by atoms with E-state index in [1.54, 1.807) is 48.1 Å². The molecule has 1 amide bonds. The predicted octanol–water partition coefficient (Wildman–Crippen LogP) is 2.56. The fourth-order valence-electron chi connectivity index (χ4n) is 3.73. The molecule has 2 aromatic carbocycles. The molecule has 4 rings (SSSR count). The van der Waals surface area contributed by atoms with Gasteiger partial charge in [-0.2, -0.15) is 0 Å². The highest BCUT2D eigenvalue weighted by Gasteiger charge is 2.21. The molecule has 0 aliphatic rings. The Morgan fingerprint density at radius 2 is 1.75 bits per heavy atom. The van der Waals surface area contributed by atoms with Crippen molar-refractivity contribution in [2.45, 2.75) is 6.92 Å². The average molecular weight is 433 g/mol. The molecule has 2 heterocycles. The zero-order valence-corrected chi connectivity index (χ0v) is 17.5. The molecular weight excluding hydrogens is 414 g/mol. The van der Waals surface area contributed by atoms with Crippen molar-refractivity contribution in [2.24, 2.45) is 14.1 Å². The van der Waals surface area contributed by atoms with Gasteiger partial charge in [0.2, 0.25) is 5.91 Å². The lowest BCUT2D eigenvalue weighted by molar-refractivity contribution is -0.384. The van der Waals surface area contributed by atoms with Gasteiger partial charge in [-0.25, -0.2) is 4.79 Å². The molecule has 32 heavy (non-hydrogen) atoms. The van der Waals surface area contributed by atoms with Crippen molar-refractivity contribution in [1.29, 1.82) is 0 Å². The van der Waals surface area contributed by atoms with Crippen LogP contribution >= 0.6 is 0 Å². The molecule has 0 saturated heterocycles. The number of carbonyl (C=O) groups excluding carboxylic acids is 1. The van der Waals surface area contributed by atoms with Crippen LogP contribution in [-0.2, 0) is 18.9 Å². The molecular formula is C22H19N5O5. The van der Waals surface area contributed by atoms with E-state index in [1.165, 1.54) is 36.7 Å². The Bertz CT molecular complexity index is 1530. The molecule has 1 N–H and O–H groups in total. The van der Waals surface area contributed by atoms with Crippen LogP contribution in [0.15, 0.2) is 64.3 Å². The van der Waals surface area contributed by atoms with Crippen molar-refractivity contribution < 1.29 is 9.72 Å². The van der Waals surface area contributed by atoms with Crippen LogP contribution in [0.25, 0.3) is 27.8 Å². The summed E-state index contributed by atoms with van der Waals surface area (Å²) in [6, 6.07) is 12.9. The van der Waals surface area contributed by atoms with Gasteiger partial charge in [0.25, 0.3) is 11.2 Å². The minimum atomic E-state index is -0.513. The Kier molecular flexibility index (Phi) is 4.97. The first-order valence-corrected chi connectivity index (χ1v) is 9.63. The van der Waals surface area contributed by atoms with E-state index in [1.807, 2.05) is 0 Å². The van der Waals surface area contributed by atoms with Crippen LogP contribution in [0.1, 0.15) is 6.92 Å². The zero-order chi connectivity index (χ0) is 23.2. The molecule has 0 saturated carbocycles. The summed E-state index contributed by atoms with van der Waals surface area (Å²) in [6.07, 6.45) is 1.64. The van der Waals surface area contributed by atoms with Gasteiger partial charge in [0.1, 0.15) is 0 Å². The van der Waals surface area contributed by atoms with Gasteiger partial charge < -0.3 is 9.88 Å². The lowest BCUT2D eigenvalue weighted by Crippen LogP contribution is -2.36. The number of benzene rings is 2. The minimum absolute atomic E-state index is 0.128. The average Bonchev–Trinajstić information content (AvgIpc) is 3.17. The van der Waals surface area contributed by atoms with E-state index in [0.717, 1.165) is 4.57 Å². The second-order valence-corrected chi connectivity index (χ2v) is 7.35. The molecule has 0 atom stereocenters. The summed E-state index contributed by atoms with van der Waals surface area (Å²) >= 11 is 0. The van der Waals surface area contributed by atoms with E-state index in [9.17, 15) is 24.5 Å². The number of anilines is 1. The number of nitrogens with zero attached hydrogens (tertiary/aromatic N) is 4. The molecule has 0 unspecified atom stereocenters. The van der Waals surface area contributed by atoms with Crippen molar-refractivity contribution in [3.63, 3.8) is 0 Å². The first-order valence-electron chi connectivity index (χ1n) is 9.63. The summed E-state index contributed by atoms with van der Waals surface area (Å²) in [7, 11) is 2.94. The summed E-state index contributed by atoms with van der Waals surface area (Å²) in [5.74, 6) is -0.241. The van der Waals surface area contributed by atoms with E-state index in [2.05, 4.69) is 5.32 Å². The Hall–Kier alpha value is -4.47. The fourth-order valence-corrected chi connectivity index (χ4v) is 3.73. The number of aryl methyl sites for hydroxylation is 1. The SMILES string of the molecule is CC(=O)Nc1cccc(-n2cc3c(c2-c2cccc([N+](=O)[O-])c2)c(=O)n(C)c(=O)n3C)c1. The topological polar surface area (TPSA) is 121 Å². The molecule has 0 bridgehead atoms. The normalized spacial score (nSPS) is 11.0. The number of fused-ring (bicyclic) bond motifs is 1. The van der Waals surface area contributed by atoms with Crippen LogP contribution in [0.3, 0.4) is 0 Å². The van der Waals surface area contributed by atoms with E-state index >= 15 is 0 Å². The number of aromatic nitrogens is 3. The van der Waals surface area contributed by atoms with Crippen LogP contribution < -0.4 is 16.6 Å².